The molecule has 2 aromatic rings. The Kier molecular flexibility index (Phi) is 6.25. The molecular formula is C21H25N3O2. The van der Waals surface area contributed by atoms with E-state index in [2.05, 4.69) is 10.6 Å². The van der Waals surface area contributed by atoms with E-state index in [1.807, 2.05) is 35.2 Å². The van der Waals surface area contributed by atoms with Gasteiger partial charge in [-0.3, -0.25) is 4.79 Å². The van der Waals surface area contributed by atoms with E-state index in [1.165, 1.54) is 12.8 Å². The fourth-order valence-electron chi connectivity index (χ4n) is 3.11. The second-order valence-electron chi connectivity index (χ2n) is 6.58. The quantitative estimate of drug-likeness (QED) is 0.874. The van der Waals surface area contributed by atoms with Crippen LogP contribution in [-0.4, -0.2) is 29.9 Å². The number of anilines is 1. The summed E-state index contributed by atoms with van der Waals surface area (Å²) in [6, 6.07) is 16.6. The summed E-state index contributed by atoms with van der Waals surface area (Å²) in [5, 5.41) is 5.61. The Morgan fingerprint density at radius 3 is 2.15 bits per heavy atom. The van der Waals surface area contributed by atoms with Crippen LogP contribution in [-0.2, 0) is 6.54 Å². The Balaban J connectivity index is 1.52. The van der Waals surface area contributed by atoms with E-state index < -0.39 is 0 Å². The van der Waals surface area contributed by atoms with Gasteiger partial charge in [0.25, 0.3) is 5.91 Å². The number of carbonyl (C=O) groups excluding carboxylic acids is 2. The molecule has 0 unspecified atom stereocenters. The van der Waals surface area contributed by atoms with Crippen molar-refractivity contribution in [3.8, 4) is 0 Å². The van der Waals surface area contributed by atoms with Crippen molar-refractivity contribution in [1.29, 1.82) is 0 Å². The molecule has 3 rings (SSSR count). The topological polar surface area (TPSA) is 61.4 Å². The Morgan fingerprint density at radius 2 is 1.50 bits per heavy atom. The SMILES string of the molecule is O=C(NCc1ccccc1)Nc1ccc(C(=O)N2CCCCCC2)cc1. The van der Waals surface area contributed by atoms with E-state index in [9.17, 15) is 9.59 Å². The molecule has 0 aromatic heterocycles. The van der Waals surface area contributed by atoms with Gasteiger partial charge >= 0.3 is 6.03 Å². The monoisotopic (exact) mass is 351 g/mol. The highest BCUT2D eigenvalue weighted by atomic mass is 16.2. The second-order valence-corrected chi connectivity index (χ2v) is 6.58. The van der Waals surface area contributed by atoms with Crippen molar-refractivity contribution < 1.29 is 9.59 Å². The fraction of sp³-hybridized carbons (Fsp3) is 0.333. The maximum Gasteiger partial charge on any atom is 0.319 e. The molecule has 0 atom stereocenters. The number of hydrogen-bond acceptors (Lipinski definition) is 2. The molecule has 2 aromatic carbocycles. The number of nitrogens with one attached hydrogen (secondary N) is 2. The Bertz CT molecular complexity index is 721. The van der Waals surface area contributed by atoms with E-state index in [-0.39, 0.29) is 11.9 Å². The van der Waals surface area contributed by atoms with E-state index in [4.69, 9.17) is 0 Å². The zero-order valence-electron chi connectivity index (χ0n) is 14.9. The molecule has 0 spiro atoms. The summed E-state index contributed by atoms with van der Waals surface area (Å²) < 4.78 is 0. The number of amides is 3. The number of carbonyl (C=O) groups is 2. The average molecular weight is 351 g/mol. The molecule has 0 bridgehead atoms. The molecule has 1 aliphatic rings. The molecule has 0 radical (unpaired) electrons. The van der Waals surface area contributed by atoms with Crippen LogP contribution >= 0.6 is 0 Å². The third kappa shape index (κ3) is 5.09. The number of hydrogen-bond donors (Lipinski definition) is 2. The first-order valence-corrected chi connectivity index (χ1v) is 9.20. The van der Waals surface area contributed by atoms with Gasteiger partial charge in [0.2, 0.25) is 0 Å². The predicted octanol–water partition coefficient (Wildman–Crippen LogP) is 4.02. The molecule has 0 aliphatic carbocycles. The van der Waals surface area contributed by atoms with Gasteiger partial charge in [-0.05, 0) is 42.7 Å². The Hall–Kier alpha value is -2.82. The average Bonchev–Trinajstić information content (AvgIpc) is 2.97. The van der Waals surface area contributed by atoms with Crippen LogP contribution in [0.25, 0.3) is 0 Å². The van der Waals surface area contributed by atoms with Crippen LogP contribution in [0.5, 0.6) is 0 Å². The van der Waals surface area contributed by atoms with E-state index in [1.54, 1.807) is 24.3 Å². The number of urea groups is 1. The first-order chi connectivity index (χ1) is 12.7. The molecule has 5 nitrogen and oxygen atoms in total. The molecular weight excluding hydrogens is 326 g/mol. The normalized spacial score (nSPS) is 14.4. The van der Waals surface area contributed by atoms with Gasteiger partial charge in [0.15, 0.2) is 0 Å². The van der Waals surface area contributed by atoms with Crippen molar-refractivity contribution in [2.24, 2.45) is 0 Å². The van der Waals surface area contributed by atoms with Gasteiger partial charge in [0, 0.05) is 30.9 Å². The molecule has 1 fully saturated rings. The fourth-order valence-corrected chi connectivity index (χ4v) is 3.11. The summed E-state index contributed by atoms with van der Waals surface area (Å²) in [5.74, 6) is 0.0759. The van der Waals surface area contributed by atoms with Crippen LogP contribution in [0, 0.1) is 0 Å². The van der Waals surface area contributed by atoms with Gasteiger partial charge in [-0.2, -0.15) is 0 Å². The van der Waals surface area contributed by atoms with Gasteiger partial charge in [-0.1, -0.05) is 43.2 Å². The lowest BCUT2D eigenvalue weighted by Gasteiger charge is -2.20. The molecule has 2 N–H and O–H groups in total. The summed E-state index contributed by atoms with van der Waals surface area (Å²) >= 11 is 0. The Morgan fingerprint density at radius 1 is 0.846 bits per heavy atom. The van der Waals surface area contributed by atoms with Crippen molar-refractivity contribution in [2.75, 3.05) is 18.4 Å². The predicted molar refractivity (Wildman–Crippen MR) is 103 cm³/mol. The third-order valence-corrected chi connectivity index (χ3v) is 4.58. The van der Waals surface area contributed by atoms with Crippen molar-refractivity contribution in [3.05, 3.63) is 65.7 Å². The maximum atomic E-state index is 12.6. The van der Waals surface area contributed by atoms with E-state index in [0.717, 1.165) is 31.5 Å². The first-order valence-electron chi connectivity index (χ1n) is 9.20. The zero-order chi connectivity index (χ0) is 18.2. The summed E-state index contributed by atoms with van der Waals surface area (Å²) in [4.78, 5) is 26.5. The summed E-state index contributed by atoms with van der Waals surface area (Å²) in [7, 11) is 0. The molecule has 1 heterocycles. The summed E-state index contributed by atoms with van der Waals surface area (Å²) in [6.07, 6.45) is 4.55. The molecule has 26 heavy (non-hydrogen) atoms. The first kappa shape index (κ1) is 18.0. The highest BCUT2D eigenvalue weighted by Gasteiger charge is 2.17. The minimum absolute atomic E-state index is 0.0759. The van der Waals surface area contributed by atoms with Crippen LogP contribution in [0.3, 0.4) is 0 Å². The number of benzene rings is 2. The summed E-state index contributed by atoms with van der Waals surface area (Å²) in [5.41, 5.74) is 2.38. The van der Waals surface area contributed by atoms with Crippen molar-refractivity contribution in [2.45, 2.75) is 32.2 Å². The lowest BCUT2D eigenvalue weighted by Crippen LogP contribution is -2.31. The number of likely N-dealkylation sites (tertiary alicyclic amines) is 1. The number of rotatable bonds is 4. The maximum absolute atomic E-state index is 12.6. The van der Waals surface area contributed by atoms with E-state index >= 15 is 0 Å². The van der Waals surface area contributed by atoms with Crippen LogP contribution < -0.4 is 10.6 Å². The minimum Gasteiger partial charge on any atom is -0.339 e. The third-order valence-electron chi connectivity index (χ3n) is 4.58. The lowest BCUT2D eigenvalue weighted by molar-refractivity contribution is 0.0761. The molecule has 136 valence electrons. The van der Waals surface area contributed by atoms with Gasteiger partial charge < -0.3 is 15.5 Å². The van der Waals surface area contributed by atoms with Crippen molar-refractivity contribution in [3.63, 3.8) is 0 Å². The van der Waals surface area contributed by atoms with Crippen LogP contribution in [0.4, 0.5) is 10.5 Å². The molecule has 1 aliphatic heterocycles. The Labute approximate surface area is 154 Å². The summed E-state index contributed by atoms with van der Waals surface area (Å²) in [6.45, 7) is 2.14. The second kappa shape index (κ2) is 9.04. The lowest BCUT2D eigenvalue weighted by atomic mass is 10.1. The highest BCUT2D eigenvalue weighted by molar-refractivity contribution is 5.95. The minimum atomic E-state index is -0.263. The van der Waals surface area contributed by atoms with Crippen LogP contribution in [0.15, 0.2) is 54.6 Å². The molecule has 5 heteroatoms. The highest BCUT2D eigenvalue weighted by Crippen LogP contribution is 2.15. The van der Waals surface area contributed by atoms with Crippen molar-refractivity contribution in [1.82, 2.24) is 10.2 Å². The van der Waals surface area contributed by atoms with Gasteiger partial charge in [0.1, 0.15) is 0 Å². The molecule has 0 saturated carbocycles. The molecule has 1 saturated heterocycles. The van der Waals surface area contributed by atoms with Crippen LogP contribution in [0.2, 0.25) is 0 Å². The zero-order valence-corrected chi connectivity index (χ0v) is 14.9. The van der Waals surface area contributed by atoms with Gasteiger partial charge in [-0.15, -0.1) is 0 Å². The van der Waals surface area contributed by atoms with Crippen LogP contribution in [0.1, 0.15) is 41.6 Å². The smallest absolute Gasteiger partial charge is 0.319 e. The standard InChI is InChI=1S/C21H25N3O2/c25-20(24-14-6-1-2-7-15-24)18-10-12-19(13-11-18)23-21(26)22-16-17-8-4-3-5-9-17/h3-5,8-13H,1-2,6-7,14-16H2,(H2,22,23,26). The van der Waals surface area contributed by atoms with Crippen molar-refractivity contribution >= 4 is 17.6 Å². The van der Waals surface area contributed by atoms with Gasteiger partial charge in [0.05, 0.1) is 0 Å². The largest absolute Gasteiger partial charge is 0.339 e. The van der Waals surface area contributed by atoms with Gasteiger partial charge in [-0.25, -0.2) is 4.79 Å². The van der Waals surface area contributed by atoms with E-state index in [0.29, 0.717) is 17.8 Å². The molecule has 3 amide bonds. The number of nitrogens with zero attached hydrogens (tertiary/aromatic N) is 1.